The monoisotopic (exact) mass is 154 g/mol. The van der Waals surface area contributed by atoms with Crippen LogP contribution in [0.2, 0.25) is 0 Å². The largest absolute Gasteiger partial charge is 0.422 e. The Bertz CT molecular complexity index is 308. The maximum Gasteiger partial charge on any atom is 0.295 e. The molecule has 0 saturated carbocycles. The molecule has 0 amide bonds. The van der Waals surface area contributed by atoms with Crippen molar-refractivity contribution in [3.8, 4) is 0 Å². The summed E-state index contributed by atoms with van der Waals surface area (Å²) in [5.74, 6) is 0. The Morgan fingerprint density at radius 3 is 2.55 bits per heavy atom. The van der Waals surface area contributed by atoms with Crippen LogP contribution in [0.15, 0.2) is 4.42 Å². The standard InChI is InChI=1S/C6H10N4O/c1-9-6-10-4(2-7)5(3-8)11-6/h2-3H,7-8H2,1H3,(H,9,10)/b4-2+,5-3+. The summed E-state index contributed by atoms with van der Waals surface area (Å²) in [6.45, 7) is 0. The molecule has 0 saturated heterocycles. The maximum absolute atomic E-state index is 5.24. The highest BCUT2D eigenvalue weighted by Crippen LogP contribution is 1.88. The van der Waals surface area contributed by atoms with Crippen LogP contribution in [0.1, 0.15) is 0 Å². The van der Waals surface area contributed by atoms with Gasteiger partial charge in [-0.05, 0) is 0 Å². The molecule has 0 aliphatic heterocycles. The van der Waals surface area contributed by atoms with Gasteiger partial charge in [0, 0.05) is 19.4 Å². The third kappa shape index (κ3) is 1.26. The number of anilines is 1. The first kappa shape index (κ1) is 7.46. The van der Waals surface area contributed by atoms with Crippen molar-refractivity contribution in [3.63, 3.8) is 0 Å². The van der Waals surface area contributed by atoms with Crippen LogP contribution in [0.3, 0.4) is 0 Å². The summed E-state index contributed by atoms with van der Waals surface area (Å²) < 4.78 is 5.09. The lowest BCUT2D eigenvalue weighted by Gasteiger charge is -1.84. The van der Waals surface area contributed by atoms with Crippen molar-refractivity contribution >= 4 is 18.4 Å². The predicted octanol–water partition coefficient (Wildman–Crippen LogP) is -1.89. The van der Waals surface area contributed by atoms with Crippen LogP contribution < -0.4 is 27.5 Å². The Hall–Kier alpha value is -1.65. The normalized spacial score (nSPS) is 13.9. The Labute approximate surface area is 63.4 Å². The Kier molecular flexibility index (Phi) is 2.00. The summed E-state index contributed by atoms with van der Waals surface area (Å²) in [6.07, 6.45) is 2.65. The fourth-order valence-electron chi connectivity index (χ4n) is 0.689. The minimum Gasteiger partial charge on any atom is -0.422 e. The number of nitrogens with two attached hydrogens (primary N) is 2. The zero-order valence-corrected chi connectivity index (χ0v) is 6.16. The number of hydrogen-bond donors (Lipinski definition) is 3. The van der Waals surface area contributed by atoms with Crippen molar-refractivity contribution in [2.24, 2.45) is 11.5 Å². The number of nitrogens with zero attached hydrogens (tertiary/aromatic N) is 1. The highest BCUT2D eigenvalue weighted by Gasteiger charge is 1.96. The zero-order chi connectivity index (χ0) is 8.27. The molecular weight excluding hydrogens is 144 g/mol. The van der Waals surface area contributed by atoms with Crippen LogP contribution in [0, 0.1) is 0 Å². The first-order valence-corrected chi connectivity index (χ1v) is 3.10. The van der Waals surface area contributed by atoms with Gasteiger partial charge in [0.1, 0.15) is 5.35 Å². The van der Waals surface area contributed by atoms with Gasteiger partial charge in [0.15, 0.2) is 5.42 Å². The number of oxazole rings is 1. The molecule has 0 spiro atoms. The van der Waals surface area contributed by atoms with Gasteiger partial charge in [-0.3, -0.25) is 0 Å². The lowest BCUT2D eigenvalue weighted by Crippen LogP contribution is -2.24. The molecule has 1 aromatic heterocycles. The van der Waals surface area contributed by atoms with Crippen LogP contribution in [0.4, 0.5) is 6.01 Å². The zero-order valence-electron chi connectivity index (χ0n) is 6.16. The molecule has 0 aromatic carbocycles. The quantitative estimate of drug-likeness (QED) is 0.440. The van der Waals surface area contributed by atoms with E-state index in [-0.39, 0.29) is 0 Å². The van der Waals surface area contributed by atoms with Gasteiger partial charge >= 0.3 is 0 Å². The predicted molar refractivity (Wildman–Crippen MR) is 42.6 cm³/mol. The minimum absolute atomic E-state index is 0.401. The van der Waals surface area contributed by atoms with E-state index >= 15 is 0 Å². The average molecular weight is 154 g/mol. The smallest absolute Gasteiger partial charge is 0.295 e. The van der Waals surface area contributed by atoms with E-state index in [0.29, 0.717) is 16.8 Å². The van der Waals surface area contributed by atoms with Crippen molar-refractivity contribution in [2.45, 2.75) is 0 Å². The topological polar surface area (TPSA) is 90.1 Å². The van der Waals surface area contributed by atoms with Crippen molar-refractivity contribution in [1.82, 2.24) is 4.98 Å². The molecule has 0 atom stereocenters. The Balaban J connectivity index is 3.37. The third-order valence-electron chi connectivity index (χ3n) is 1.20. The average Bonchev–Trinajstić information content (AvgIpc) is 2.46. The van der Waals surface area contributed by atoms with E-state index in [4.69, 9.17) is 15.9 Å². The molecule has 0 aliphatic carbocycles. The van der Waals surface area contributed by atoms with Gasteiger partial charge < -0.3 is 21.2 Å². The number of aromatic nitrogens is 1. The van der Waals surface area contributed by atoms with E-state index in [1.54, 1.807) is 7.05 Å². The summed E-state index contributed by atoms with van der Waals surface area (Å²) >= 11 is 0. The van der Waals surface area contributed by atoms with Crippen molar-refractivity contribution < 1.29 is 4.42 Å². The lowest BCUT2D eigenvalue weighted by molar-refractivity contribution is 0.540. The van der Waals surface area contributed by atoms with Gasteiger partial charge in [-0.2, -0.15) is 4.98 Å². The summed E-state index contributed by atoms with van der Waals surface area (Å²) in [5, 5.41) is 3.27. The fraction of sp³-hybridized carbons (Fsp3) is 0.167. The molecule has 5 N–H and O–H groups in total. The van der Waals surface area contributed by atoms with Gasteiger partial charge in [0.2, 0.25) is 0 Å². The van der Waals surface area contributed by atoms with Crippen molar-refractivity contribution in [2.75, 3.05) is 12.4 Å². The molecule has 0 fully saturated rings. The third-order valence-corrected chi connectivity index (χ3v) is 1.20. The second-order valence-corrected chi connectivity index (χ2v) is 1.85. The molecule has 60 valence electrons. The summed E-state index contributed by atoms with van der Waals surface area (Å²) in [7, 11) is 1.70. The Morgan fingerprint density at radius 1 is 1.45 bits per heavy atom. The molecule has 0 unspecified atom stereocenters. The van der Waals surface area contributed by atoms with Crippen LogP contribution in [0.25, 0.3) is 12.4 Å². The van der Waals surface area contributed by atoms with E-state index in [2.05, 4.69) is 10.3 Å². The lowest BCUT2D eigenvalue weighted by atomic mass is 10.6. The maximum atomic E-state index is 5.24. The van der Waals surface area contributed by atoms with E-state index in [0.717, 1.165) is 0 Å². The molecule has 0 aliphatic rings. The molecule has 11 heavy (non-hydrogen) atoms. The first-order valence-electron chi connectivity index (χ1n) is 3.10. The highest BCUT2D eigenvalue weighted by molar-refractivity contribution is 5.25. The van der Waals surface area contributed by atoms with Crippen LogP contribution in [-0.2, 0) is 0 Å². The molecule has 1 aromatic rings. The van der Waals surface area contributed by atoms with E-state index < -0.39 is 0 Å². The van der Waals surface area contributed by atoms with Gasteiger partial charge in [-0.1, -0.05) is 0 Å². The van der Waals surface area contributed by atoms with Gasteiger partial charge in [0.05, 0.1) is 0 Å². The Morgan fingerprint density at radius 2 is 2.18 bits per heavy atom. The van der Waals surface area contributed by atoms with Gasteiger partial charge in [0.25, 0.3) is 6.01 Å². The van der Waals surface area contributed by atoms with Gasteiger partial charge in [-0.25, -0.2) is 0 Å². The summed E-state index contributed by atoms with van der Waals surface area (Å²) in [6, 6.07) is 0.401. The molecule has 0 bridgehead atoms. The van der Waals surface area contributed by atoms with Gasteiger partial charge in [-0.15, -0.1) is 0 Å². The molecular formula is C6H10N4O. The molecule has 5 nitrogen and oxygen atoms in total. The molecule has 0 radical (unpaired) electrons. The first-order chi connectivity index (χ1) is 5.31. The molecule has 5 heteroatoms. The second-order valence-electron chi connectivity index (χ2n) is 1.85. The van der Waals surface area contributed by atoms with Crippen LogP contribution >= 0.6 is 0 Å². The van der Waals surface area contributed by atoms with E-state index in [1.165, 1.54) is 12.4 Å². The van der Waals surface area contributed by atoms with E-state index in [9.17, 15) is 0 Å². The van der Waals surface area contributed by atoms with E-state index in [1.807, 2.05) is 0 Å². The highest BCUT2D eigenvalue weighted by atomic mass is 16.4. The number of rotatable bonds is 1. The van der Waals surface area contributed by atoms with Crippen LogP contribution in [-0.4, -0.2) is 12.0 Å². The van der Waals surface area contributed by atoms with Crippen molar-refractivity contribution in [1.29, 1.82) is 0 Å². The number of nitrogens with one attached hydrogen (secondary N) is 1. The minimum atomic E-state index is 0.401. The van der Waals surface area contributed by atoms with Crippen molar-refractivity contribution in [3.05, 3.63) is 10.8 Å². The summed E-state index contributed by atoms with van der Waals surface area (Å²) in [5.41, 5.74) is 10.9. The molecule has 1 heterocycles. The SMILES string of the molecule is CNc1nc(=C/N)/c(=C\N)o1. The fourth-order valence-corrected chi connectivity index (χ4v) is 0.689. The number of hydrogen-bond acceptors (Lipinski definition) is 5. The molecule has 1 rings (SSSR count). The van der Waals surface area contributed by atoms with Crippen LogP contribution in [0.5, 0.6) is 0 Å². The summed E-state index contributed by atoms with van der Waals surface area (Å²) in [4.78, 5) is 3.95. The second kappa shape index (κ2) is 2.96.